The van der Waals surface area contributed by atoms with Gasteiger partial charge in [0.1, 0.15) is 5.82 Å². The number of halogens is 1. The number of aromatic nitrogens is 2. The van der Waals surface area contributed by atoms with Gasteiger partial charge in [0, 0.05) is 13.1 Å². The molecule has 0 aliphatic carbocycles. The third-order valence-corrected chi connectivity index (χ3v) is 2.62. The molecule has 0 bridgehead atoms. The highest BCUT2D eigenvalue weighted by Crippen LogP contribution is 2.22. The van der Waals surface area contributed by atoms with Crippen LogP contribution in [0.5, 0.6) is 0 Å². The van der Waals surface area contributed by atoms with Crippen LogP contribution in [-0.4, -0.2) is 9.55 Å². The van der Waals surface area contributed by atoms with Gasteiger partial charge >= 0.3 is 5.69 Å². The van der Waals surface area contributed by atoms with Crippen molar-refractivity contribution in [2.45, 2.75) is 0 Å². The van der Waals surface area contributed by atoms with E-state index >= 15 is 0 Å². The molecule has 1 heterocycles. The average Bonchev–Trinajstić information content (AvgIpc) is 2.29. The molecular formula is C11H10ClN3O2. The number of hydrogen-bond acceptors (Lipinski definition) is 3. The molecule has 5 nitrogen and oxygen atoms in total. The van der Waals surface area contributed by atoms with E-state index in [0.717, 1.165) is 4.57 Å². The van der Waals surface area contributed by atoms with E-state index in [2.05, 4.69) is 10.3 Å². The van der Waals surface area contributed by atoms with Gasteiger partial charge in [-0.05, 0) is 12.1 Å². The van der Waals surface area contributed by atoms with Gasteiger partial charge in [0.25, 0.3) is 5.56 Å². The molecule has 17 heavy (non-hydrogen) atoms. The number of benzene rings is 1. The van der Waals surface area contributed by atoms with E-state index in [9.17, 15) is 9.59 Å². The highest BCUT2D eigenvalue weighted by atomic mass is 35.5. The van der Waals surface area contributed by atoms with Crippen molar-refractivity contribution in [2.75, 3.05) is 5.32 Å². The lowest BCUT2D eigenvalue weighted by Crippen LogP contribution is -2.32. The Morgan fingerprint density at radius 1 is 1.29 bits per heavy atom. The molecule has 0 aliphatic rings. The number of H-pyrrole nitrogens is 1. The Morgan fingerprint density at radius 2 is 2.00 bits per heavy atom. The fraction of sp³-hybridized carbons (Fsp3) is 0.0909. The largest absolute Gasteiger partial charge is 0.340 e. The molecule has 0 amide bonds. The van der Waals surface area contributed by atoms with Crippen LogP contribution in [0.15, 0.2) is 39.9 Å². The highest BCUT2D eigenvalue weighted by molar-refractivity contribution is 6.33. The zero-order valence-corrected chi connectivity index (χ0v) is 9.78. The summed E-state index contributed by atoms with van der Waals surface area (Å²) >= 11 is 5.95. The second-order valence-corrected chi connectivity index (χ2v) is 3.90. The maximum atomic E-state index is 11.4. The molecule has 0 radical (unpaired) electrons. The van der Waals surface area contributed by atoms with E-state index in [0.29, 0.717) is 16.5 Å². The molecule has 88 valence electrons. The zero-order valence-electron chi connectivity index (χ0n) is 9.03. The van der Waals surface area contributed by atoms with Crippen molar-refractivity contribution in [1.29, 1.82) is 0 Å². The standard InChI is InChI=1S/C11H10ClN3O2/c1-15-10(16)6-9(14-11(15)17)13-8-5-3-2-4-7(8)12/h2-6,13H,1H3,(H,14,17). The Labute approximate surface area is 102 Å². The molecule has 1 aromatic heterocycles. The summed E-state index contributed by atoms with van der Waals surface area (Å²) in [5.41, 5.74) is -0.242. The number of rotatable bonds is 2. The third kappa shape index (κ3) is 2.39. The van der Waals surface area contributed by atoms with Gasteiger partial charge in [-0.2, -0.15) is 0 Å². The van der Waals surface area contributed by atoms with Crippen LogP contribution in [0.4, 0.5) is 11.5 Å². The second kappa shape index (κ2) is 4.47. The number of nitrogens with zero attached hydrogens (tertiary/aromatic N) is 1. The summed E-state index contributed by atoms with van der Waals surface area (Å²) in [6.07, 6.45) is 0. The van der Waals surface area contributed by atoms with Crippen molar-refractivity contribution >= 4 is 23.1 Å². The number of anilines is 2. The van der Waals surface area contributed by atoms with Gasteiger partial charge in [0.2, 0.25) is 0 Å². The van der Waals surface area contributed by atoms with Crippen molar-refractivity contribution in [3.8, 4) is 0 Å². The Bertz CT molecular complexity index is 629. The summed E-state index contributed by atoms with van der Waals surface area (Å²) in [5, 5.41) is 3.39. The zero-order chi connectivity index (χ0) is 12.4. The van der Waals surface area contributed by atoms with Gasteiger partial charge in [-0.25, -0.2) is 4.79 Å². The molecule has 0 atom stereocenters. The van der Waals surface area contributed by atoms with Gasteiger partial charge in [-0.1, -0.05) is 23.7 Å². The molecule has 2 rings (SSSR count). The van der Waals surface area contributed by atoms with Gasteiger partial charge in [-0.3, -0.25) is 14.3 Å². The molecule has 1 aromatic carbocycles. The van der Waals surface area contributed by atoms with Crippen molar-refractivity contribution in [2.24, 2.45) is 7.05 Å². The minimum atomic E-state index is -0.480. The molecular weight excluding hydrogens is 242 g/mol. The first-order valence-corrected chi connectivity index (χ1v) is 5.27. The monoisotopic (exact) mass is 251 g/mol. The SMILES string of the molecule is Cn1c(=O)cc(Nc2ccccc2Cl)[nH]c1=O. The van der Waals surface area contributed by atoms with Gasteiger partial charge in [0.05, 0.1) is 10.7 Å². The fourth-order valence-corrected chi connectivity index (χ4v) is 1.51. The van der Waals surface area contributed by atoms with Crippen LogP contribution in [-0.2, 0) is 7.05 Å². The van der Waals surface area contributed by atoms with Crippen LogP contribution in [0.2, 0.25) is 5.02 Å². The Balaban J connectivity index is 2.41. The molecule has 6 heteroatoms. The molecule has 0 unspecified atom stereocenters. The smallest absolute Gasteiger partial charge is 0.329 e. The molecule has 0 fully saturated rings. The summed E-state index contributed by atoms with van der Waals surface area (Å²) in [6, 6.07) is 8.35. The number of aromatic amines is 1. The summed E-state index contributed by atoms with van der Waals surface area (Å²) in [7, 11) is 1.40. The molecule has 0 saturated carbocycles. The van der Waals surface area contributed by atoms with Crippen LogP contribution in [0.3, 0.4) is 0 Å². The van der Waals surface area contributed by atoms with E-state index < -0.39 is 5.69 Å². The lowest BCUT2D eigenvalue weighted by Gasteiger charge is -2.07. The Kier molecular flexibility index (Phi) is 3.01. The van der Waals surface area contributed by atoms with E-state index in [1.165, 1.54) is 13.1 Å². The maximum Gasteiger partial charge on any atom is 0.329 e. The number of para-hydroxylation sites is 1. The molecule has 0 spiro atoms. The minimum Gasteiger partial charge on any atom is -0.340 e. The molecule has 0 aliphatic heterocycles. The van der Waals surface area contributed by atoms with Crippen LogP contribution < -0.4 is 16.6 Å². The maximum absolute atomic E-state index is 11.4. The van der Waals surface area contributed by atoms with Gasteiger partial charge in [0.15, 0.2) is 0 Å². The number of nitrogens with one attached hydrogen (secondary N) is 2. The topological polar surface area (TPSA) is 66.9 Å². The van der Waals surface area contributed by atoms with Crippen LogP contribution >= 0.6 is 11.6 Å². The highest BCUT2D eigenvalue weighted by Gasteiger charge is 2.03. The van der Waals surface area contributed by atoms with Gasteiger partial charge < -0.3 is 5.32 Å². The first kappa shape index (κ1) is 11.5. The number of hydrogen-bond donors (Lipinski definition) is 2. The summed E-state index contributed by atoms with van der Waals surface area (Å²) in [4.78, 5) is 25.3. The summed E-state index contributed by atoms with van der Waals surface area (Å²) in [6.45, 7) is 0. The minimum absolute atomic E-state index is 0.311. The lowest BCUT2D eigenvalue weighted by molar-refractivity contribution is 0.778. The second-order valence-electron chi connectivity index (χ2n) is 3.49. The Morgan fingerprint density at radius 3 is 2.65 bits per heavy atom. The predicted octanol–water partition coefficient (Wildman–Crippen LogP) is 1.47. The molecule has 2 aromatic rings. The predicted molar refractivity (Wildman–Crippen MR) is 67.0 cm³/mol. The normalized spacial score (nSPS) is 10.2. The summed E-state index contributed by atoms with van der Waals surface area (Å²) in [5.74, 6) is 0.311. The summed E-state index contributed by atoms with van der Waals surface area (Å²) < 4.78 is 0.984. The van der Waals surface area contributed by atoms with Crippen molar-refractivity contribution < 1.29 is 0 Å². The van der Waals surface area contributed by atoms with E-state index in [-0.39, 0.29) is 5.56 Å². The van der Waals surface area contributed by atoms with Gasteiger partial charge in [-0.15, -0.1) is 0 Å². The molecule has 0 saturated heterocycles. The average molecular weight is 252 g/mol. The quantitative estimate of drug-likeness (QED) is 0.849. The fourth-order valence-electron chi connectivity index (χ4n) is 1.33. The van der Waals surface area contributed by atoms with Crippen LogP contribution in [0, 0.1) is 0 Å². The van der Waals surface area contributed by atoms with E-state index in [1.54, 1.807) is 24.3 Å². The first-order valence-electron chi connectivity index (χ1n) is 4.90. The van der Waals surface area contributed by atoms with Crippen LogP contribution in [0.25, 0.3) is 0 Å². The Hall–Kier alpha value is -2.01. The lowest BCUT2D eigenvalue weighted by atomic mass is 10.3. The van der Waals surface area contributed by atoms with Crippen molar-refractivity contribution in [3.63, 3.8) is 0 Å². The van der Waals surface area contributed by atoms with E-state index in [4.69, 9.17) is 11.6 Å². The van der Waals surface area contributed by atoms with Crippen molar-refractivity contribution in [1.82, 2.24) is 9.55 Å². The third-order valence-electron chi connectivity index (χ3n) is 2.29. The van der Waals surface area contributed by atoms with Crippen molar-refractivity contribution in [3.05, 3.63) is 56.2 Å². The first-order chi connectivity index (χ1) is 8.08. The van der Waals surface area contributed by atoms with E-state index in [1.807, 2.05) is 0 Å². The van der Waals surface area contributed by atoms with Crippen LogP contribution in [0.1, 0.15) is 0 Å². The molecule has 2 N–H and O–H groups in total.